The average Bonchev–Trinajstić information content (AvgIpc) is 2.62. The fourth-order valence-electron chi connectivity index (χ4n) is 3.92. The van der Waals surface area contributed by atoms with Crippen LogP contribution in [0.2, 0.25) is 0 Å². The summed E-state index contributed by atoms with van der Waals surface area (Å²) in [5.74, 6) is 2.20. The molecule has 0 bridgehead atoms. The maximum atomic E-state index is 9.85. The second kappa shape index (κ2) is 7.85. The summed E-state index contributed by atoms with van der Waals surface area (Å²) in [6.07, 6.45) is 7.11. The molecule has 5 heteroatoms. The van der Waals surface area contributed by atoms with Crippen LogP contribution in [0, 0.1) is 11.3 Å². The molecule has 5 nitrogen and oxygen atoms in total. The van der Waals surface area contributed by atoms with Crippen LogP contribution in [0.15, 0.2) is 0 Å². The van der Waals surface area contributed by atoms with Gasteiger partial charge in [0.1, 0.15) is 18.2 Å². The number of hydrogen-bond donors (Lipinski definition) is 2. The lowest BCUT2D eigenvalue weighted by molar-refractivity contribution is -0.895. The first-order valence-electron chi connectivity index (χ1n) is 9.55. The third-order valence-corrected chi connectivity index (χ3v) is 5.34. The predicted molar refractivity (Wildman–Crippen MR) is 96.3 cm³/mol. The predicted octanol–water partition coefficient (Wildman–Crippen LogP) is 1.15. The zero-order valence-corrected chi connectivity index (χ0v) is 15.2. The first kappa shape index (κ1) is 17.0. The lowest BCUT2D eigenvalue weighted by Crippen LogP contribution is -3.08. The highest BCUT2D eigenvalue weighted by Crippen LogP contribution is 2.29. The van der Waals surface area contributed by atoms with Crippen LogP contribution in [-0.2, 0) is 13.0 Å². The van der Waals surface area contributed by atoms with Crippen molar-refractivity contribution < 1.29 is 9.88 Å². The summed E-state index contributed by atoms with van der Waals surface area (Å²) < 4.78 is 0. The fourth-order valence-corrected chi connectivity index (χ4v) is 3.92. The molecule has 24 heavy (non-hydrogen) atoms. The Morgan fingerprint density at radius 1 is 1.25 bits per heavy atom. The number of fused-ring (bicyclic) bond motifs is 1. The summed E-state index contributed by atoms with van der Waals surface area (Å²) in [6, 6.07) is 2.52. The van der Waals surface area contributed by atoms with E-state index in [1.54, 1.807) is 0 Å². The molecule has 0 amide bonds. The van der Waals surface area contributed by atoms with E-state index in [1.165, 1.54) is 48.1 Å². The zero-order chi connectivity index (χ0) is 16.9. The molecule has 130 valence electrons. The average molecular weight is 329 g/mol. The van der Waals surface area contributed by atoms with Gasteiger partial charge in [0.15, 0.2) is 0 Å². The molecule has 1 atom stereocenters. The summed E-state index contributed by atoms with van der Waals surface area (Å²) in [7, 11) is 2.24. The van der Waals surface area contributed by atoms with Gasteiger partial charge in [-0.3, -0.25) is 4.90 Å². The standard InChI is InChI=1S/C19H29N5/c1-3-4-9-21-18-17-14-23(2)12-8-15(17)16(13-20)19(22-18)24-10-6-5-7-11-24/h3-12,14H2,1-2H3,(H,21,22)/p+2. The molecule has 1 unspecified atom stereocenters. The van der Waals surface area contributed by atoms with E-state index in [0.717, 1.165) is 56.3 Å². The molecule has 3 heterocycles. The zero-order valence-electron chi connectivity index (χ0n) is 15.2. The highest BCUT2D eigenvalue weighted by atomic mass is 15.2. The minimum Gasteiger partial charge on any atom is -0.333 e. The monoisotopic (exact) mass is 329 g/mol. The van der Waals surface area contributed by atoms with E-state index < -0.39 is 0 Å². The molecule has 2 aliphatic heterocycles. The fraction of sp³-hybridized carbons (Fsp3) is 0.684. The van der Waals surface area contributed by atoms with Gasteiger partial charge in [-0.1, -0.05) is 13.3 Å². The number of aromatic amines is 1. The van der Waals surface area contributed by atoms with Crippen molar-refractivity contribution in [2.75, 3.05) is 43.4 Å². The number of H-pyrrole nitrogens is 1. The summed E-state index contributed by atoms with van der Waals surface area (Å²) in [6.45, 7) is 7.43. The van der Waals surface area contributed by atoms with E-state index >= 15 is 0 Å². The number of nitrogens with one attached hydrogen (secondary N) is 3. The summed E-state index contributed by atoms with van der Waals surface area (Å²) in [4.78, 5) is 7.53. The largest absolute Gasteiger partial charge is 0.333 e. The molecule has 1 saturated heterocycles. The molecular weight excluding hydrogens is 298 g/mol. The van der Waals surface area contributed by atoms with Crippen LogP contribution < -0.4 is 20.1 Å². The van der Waals surface area contributed by atoms with Crippen molar-refractivity contribution in [3.05, 3.63) is 16.7 Å². The lowest BCUT2D eigenvalue weighted by atomic mass is 9.95. The van der Waals surface area contributed by atoms with Gasteiger partial charge in [0.05, 0.1) is 38.8 Å². The summed E-state index contributed by atoms with van der Waals surface area (Å²) >= 11 is 0. The van der Waals surface area contributed by atoms with Gasteiger partial charge in [0, 0.05) is 6.42 Å². The van der Waals surface area contributed by atoms with E-state index in [2.05, 4.69) is 35.2 Å². The Morgan fingerprint density at radius 2 is 2.04 bits per heavy atom. The number of pyridine rings is 1. The minimum absolute atomic E-state index is 0.889. The first-order valence-corrected chi connectivity index (χ1v) is 9.55. The Labute approximate surface area is 145 Å². The van der Waals surface area contributed by atoms with Crippen molar-refractivity contribution in [1.29, 1.82) is 5.26 Å². The van der Waals surface area contributed by atoms with Crippen molar-refractivity contribution in [2.45, 2.75) is 52.0 Å². The van der Waals surface area contributed by atoms with Crippen LogP contribution >= 0.6 is 0 Å². The molecule has 1 fully saturated rings. The van der Waals surface area contributed by atoms with Gasteiger partial charge in [0.2, 0.25) is 11.6 Å². The van der Waals surface area contributed by atoms with Crippen LogP contribution in [0.5, 0.6) is 0 Å². The molecular formula is C19H31N5+2. The van der Waals surface area contributed by atoms with Gasteiger partial charge in [0.25, 0.3) is 0 Å². The molecule has 0 aliphatic carbocycles. The summed E-state index contributed by atoms with van der Waals surface area (Å²) in [5.41, 5.74) is 3.49. The molecule has 3 N–H and O–H groups in total. The Balaban J connectivity index is 2.01. The number of anilines is 2. The highest BCUT2D eigenvalue weighted by molar-refractivity contribution is 5.61. The van der Waals surface area contributed by atoms with Gasteiger partial charge < -0.3 is 10.2 Å². The molecule has 0 spiro atoms. The van der Waals surface area contributed by atoms with Gasteiger partial charge >= 0.3 is 0 Å². The molecule has 1 aromatic heterocycles. The minimum atomic E-state index is 0.889. The van der Waals surface area contributed by atoms with Crippen LogP contribution in [0.4, 0.5) is 11.6 Å². The van der Waals surface area contributed by atoms with Gasteiger partial charge in [-0.2, -0.15) is 5.26 Å². The van der Waals surface area contributed by atoms with E-state index in [4.69, 9.17) is 0 Å². The summed E-state index contributed by atoms with van der Waals surface area (Å²) in [5, 5.41) is 13.5. The number of aromatic nitrogens is 1. The second-order valence-electron chi connectivity index (χ2n) is 7.25. The first-order chi connectivity index (χ1) is 11.7. The normalized spacial score (nSPS) is 20.4. The number of likely N-dealkylation sites (N-methyl/N-ethyl adjacent to an activating group) is 1. The van der Waals surface area contributed by atoms with Crippen molar-refractivity contribution >= 4 is 11.6 Å². The molecule has 1 aromatic rings. The third-order valence-electron chi connectivity index (χ3n) is 5.34. The molecule has 0 aromatic carbocycles. The third kappa shape index (κ3) is 3.49. The Bertz CT molecular complexity index is 613. The molecule has 0 saturated carbocycles. The number of rotatable bonds is 5. The van der Waals surface area contributed by atoms with Gasteiger partial charge in [-0.25, -0.2) is 4.98 Å². The smallest absolute Gasteiger partial charge is 0.240 e. The van der Waals surface area contributed by atoms with E-state index in [9.17, 15) is 5.26 Å². The van der Waals surface area contributed by atoms with Gasteiger partial charge in [-0.15, -0.1) is 0 Å². The van der Waals surface area contributed by atoms with Crippen LogP contribution in [0.3, 0.4) is 0 Å². The van der Waals surface area contributed by atoms with E-state index in [-0.39, 0.29) is 0 Å². The second-order valence-corrected chi connectivity index (χ2v) is 7.25. The maximum Gasteiger partial charge on any atom is 0.240 e. The van der Waals surface area contributed by atoms with E-state index in [0.29, 0.717) is 0 Å². The van der Waals surface area contributed by atoms with Gasteiger partial charge in [-0.05, 0) is 31.2 Å². The topological polar surface area (TPSA) is 57.6 Å². The van der Waals surface area contributed by atoms with Crippen molar-refractivity contribution in [2.24, 2.45) is 0 Å². The Morgan fingerprint density at radius 3 is 2.75 bits per heavy atom. The van der Waals surface area contributed by atoms with Crippen molar-refractivity contribution in [3.63, 3.8) is 0 Å². The number of nitrogens with zero attached hydrogens (tertiary/aromatic N) is 2. The molecule has 0 radical (unpaired) electrons. The molecule has 3 rings (SSSR count). The lowest BCUT2D eigenvalue weighted by Gasteiger charge is -2.28. The van der Waals surface area contributed by atoms with Crippen LogP contribution in [0.1, 0.15) is 55.7 Å². The Kier molecular flexibility index (Phi) is 5.57. The van der Waals surface area contributed by atoms with Crippen molar-refractivity contribution in [3.8, 4) is 6.07 Å². The maximum absolute atomic E-state index is 9.85. The number of piperidine rings is 1. The quantitative estimate of drug-likeness (QED) is 0.797. The number of nitriles is 1. The molecule has 2 aliphatic rings. The van der Waals surface area contributed by atoms with E-state index in [1.807, 2.05) is 0 Å². The number of hydrogen-bond acceptors (Lipinski definition) is 3. The Hall–Kier alpha value is -1.80. The number of quaternary nitrogens is 1. The highest BCUT2D eigenvalue weighted by Gasteiger charge is 2.31. The number of unbranched alkanes of at least 4 members (excludes halogenated alkanes) is 1. The van der Waals surface area contributed by atoms with Crippen molar-refractivity contribution in [1.82, 2.24) is 0 Å². The SMILES string of the molecule is CCCCNc1[nH+]c(N2CCCCC2)c(C#N)c2c1C[NH+](C)CC2. The van der Waals surface area contributed by atoms with Crippen LogP contribution in [-0.4, -0.2) is 33.2 Å². The van der Waals surface area contributed by atoms with Crippen LogP contribution in [0.25, 0.3) is 0 Å².